The molecule has 106 valence electrons. The van der Waals surface area contributed by atoms with Crippen molar-refractivity contribution in [3.05, 3.63) is 42.1 Å². The van der Waals surface area contributed by atoms with Crippen LogP contribution in [0.15, 0.2) is 36.5 Å². The average Bonchev–Trinajstić information content (AvgIpc) is 2.50. The predicted octanol–water partition coefficient (Wildman–Crippen LogP) is 3.72. The molecule has 0 aliphatic heterocycles. The van der Waals surface area contributed by atoms with Crippen LogP contribution in [0.2, 0.25) is 0 Å². The Morgan fingerprint density at radius 1 is 1.25 bits per heavy atom. The van der Waals surface area contributed by atoms with Crippen LogP contribution in [-0.4, -0.2) is 34.8 Å². The maximum absolute atomic E-state index is 12.7. The maximum Gasteiger partial charge on any atom is 0.254 e. The Hall–Kier alpha value is -1.61. The Morgan fingerprint density at radius 3 is 2.85 bits per heavy atom. The smallest absolute Gasteiger partial charge is 0.254 e. The van der Waals surface area contributed by atoms with Crippen LogP contribution in [0.4, 0.5) is 0 Å². The number of halogens is 1. The molecule has 0 atom stereocenters. The molecule has 0 saturated carbocycles. The van der Waals surface area contributed by atoms with Gasteiger partial charge in [-0.15, -0.1) is 11.6 Å². The Kier molecular flexibility index (Phi) is 5.36. The van der Waals surface area contributed by atoms with Crippen molar-refractivity contribution in [1.29, 1.82) is 0 Å². The minimum Gasteiger partial charge on any atom is -0.337 e. The fourth-order valence-corrected chi connectivity index (χ4v) is 2.43. The number of pyridine rings is 1. The number of carbonyl (C=O) groups excluding carboxylic acids is 1. The third-order valence-corrected chi connectivity index (χ3v) is 3.47. The van der Waals surface area contributed by atoms with Crippen LogP contribution in [0, 0.1) is 0 Å². The van der Waals surface area contributed by atoms with E-state index in [1.54, 1.807) is 6.20 Å². The van der Waals surface area contributed by atoms with Gasteiger partial charge in [0.25, 0.3) is 5.91 Å². The van der Waals surface area contributed by atoms with Crippen molar-refractivity contribution < 1.29 is 4.79 Å². The molecule has 4 heteroatoms. The van der Waals surface area contributed by atoms with Crippen LogP contribution in [0.25, 0.3) is 10.9 Å². The highest BCUT2D eigenvalue weighted by Crippen LogP contribution is 2.18. The summed E-state index contributed by atoms with van der Waals surface area (Å²) in [5, 5.41) is 0.899. The average molecular weight is 291 g/mol. The van der Waals surface area contributed by atoms with Crippen molar-refractivity contribution >= 4 is 28.4 Å². The Morgan fingerprint density at radius 2 is 2.10 bits per heavy atom. The van der Waals surface area contributed by atoms with Gasteiger partial charge >= 0.3 is 0 Å². The van der Waals surface area contributed by atoms with Gasteiger partial charge in [0, 0.05) is 36.1 Å². The van der Waals surface area contributed by atoms with Gasteiger partial charge in [-0.3, -0.25) is 9.78 Å². The number of benzene rings is 1. The molecule has 0 saturated heterocycles. The van der Waals surface area contributed by atoms with Crippen LogP contribution in [0.5, 0.6) is 0 Å². The summed E-state index contributed by atoms with van der Waals surface area (Å²) in [6, 6.07) is 9.45. The van der Waals surface area contributed by atoms with Gasteiger partial charge < -0.3 is 4.90 Å². The zero-order valence-corrected chi connectivity index (χ0v) is 12.4. The van der Waals surface area contributed by atoms with E-state index in [2.05, 4.69) is 11.9 Å². The van der Waals surface area contributed by atoms with E-state index in [4.69, 9.17) is 11.6 Å². The molecule has 1 aromatic heterocycles. The van der Waals surface area contributed by atoms with Gasteiger partial charge in [0.1, 0.15) is 0 Å². The summed E-state index contributed by atoms with van der Waals surface area (Å²) in [7, 11) is 0. The standard InChI is InChI=1S/C16H19ClN2O/c1-2-3-11-19(12-9-17)16(20)14-6-4-8-15-13(14)7-5-10-18-15/h4-8,10H,2-3,9,11-12H2,1H3. The molecule has 0 unspecified atom stereocenters. The number of aromatic nitrogens is 1. The van der Waals surface area contributed by atoms with Crippen molar-refractivity contribution in [2.24, 2.45) is 0 Å². The van der Waals surface area contributed by atoms with E-state index in [1.807, 2.05) is 35.2 Å². The molecule has 0 radical (unpaired) electrons. The first-order valence-electron chi connectivity index (χ1n) is 6.97. The molecule has 20 heavy (non-hydrogen) atoms. The lowest BCUT2D eigenvalue weighted by Crippen LogP contribution is -2.33. The number of rotatable bonds is 6. The SMILES string of the molecule is CCCCN(CCCl)C(=O)c1cccc2ncccc12. The molecular weight excluding hydrogens is 272 g/mol. The fraction of sp³-hybridized carbons (Fsp3) is 0.375. The van der Waals surface area contributed by atoms with Gasteiger partial charge in [-0.2, -0.15) is 0 Å². The first kappa shape index (κ1) is 14.8. The Labute approximate surface area is 124 Å². The second kappa shape index (κ2) is 7.25. The van der Waals surface area contributed by atoms with Crippen molar-refractivity contribution in [3.63, 3.8) is 0 Å². The topological polar surface area (TPSA) is 33.2 Å². The van der Waals surface area contributed by atoms with Gasteiger partial charge in [0.05, 0.1) is 5.52 Å². The van der Waals surface area contributed by atoms with E-state index >= 15 is 0 Å². The van der Waals surface area contributed by atoms with Gasteiger partial charge in [-0.25, -0.2) is 0 Å². The Balaban J connectivity index is 2.33. The van der Waals surface area contributed by atoms with E-state index in [-0.39, 0.29) is 5.91 Å². The molecule has 1 aromatic carbocycles. The number of hydrogen-bond donors (Lipinski definition) is 0. The van der Waals surface area contributed by atoms with Crippen LogP contribution in [0.1, 0.15) is 30.1 Å². The number of unbranched alkanes of at least 4 members (excludes halogenated alkanes) is 1. The number of fused-ring (bicyclic) bond motifs is 1. The number of amides is 1. The molecular formula is C16H19ClN2O. The van der Waals surface area contributed by atoms with Crippen molar-refractivity contribution in [1.82, 2.24) is 9.88 Å². The Bertz CT molecular complexity index is 580. The summed E-state index contributed by atoms with van der Waals surface area (Å²) >= 11 is 5.82. The number of alkyl halides is 1. The normalized spacial score (nSPS) is 10.7. The molecule has 0 bridgehead atoms. The minimum atomic E-state index is 0.0395. The summed E-state index contributed by atoms with van der Waals surface area (Å²) in [6.45, 7) is 3.45. The number of nitrogens with zero attached hydrogens (tertiary/aromatic N) is 2. The van der Waals surface area contributed by atoms with Crippen molar-refractivity contribution in [2.45, 2.75) is 19.8 Å². The monoisotopic (exact) mass is 290 g/mol. The molecule has 2 rings (SSSR count). The minimum absolute atomic E-state index is 0.0395. The third kappa shape index (κ3) is 3.28. The molecule has 3 nitrogen and oxygen atoms in total. The zero-order chi connectivity index (χ0) is 14.4. The van der Waals surface area contributed by atoms with E-state index in [0.717, 1.165) is 30.3 Å². The second-order valence-corrected chi connectivity index (χ2v) is 5.09. The van der Waals surface area contributed by atoms with Gasteiger partial charge in [0.2, 0.25) is 0 Å². The van der Waals surface area contributed by atoms with Crippen LogP contribution in [0.3, 0.4) is 0 Å². The fourth-order valence-electron chi connectivity index (χ4n) is 2.23. The highest BCUT2D eigenvalue weighted by Gasteiger charge is 2.17. The van der Waals surface area contributed by atoms with Crippen LogP contribution in [-0.2, 0) is 0 Å². The summed E-state index contributed by atoms with van der Waals surface area (Å²) in [5.41, 5.74) is 1.55. The van der Waals surface area contributed by atoms with E-state index in [9.17, 15) is 4.79 Å². The summed E-state index contributed by atoms with van der Waals surface area (Å²) in [4.78, 5) is 18.8. The van der Waals surface area contributed by atoms with Crippen molar-refractivity contribution in [3.8, 4) is 0 Å². The quantitative estimate of drug-likeness (QED) is 0.760. The van der Waals surface area contributed by atoms with Crippen molar-refractivity contribution in [2.75, 3.05) is 19.0 Å². The summed E-state index contributed by atoms with van der Waals surface area (Å²) in [5.74, 6) is 0.496. The second-order valence-electron chi connectivity index (χ2n) is 4.71. The van der Waals surface area contributed by atoms with Crippen LogP contribution < -0.4 is 0 Å². The predicted molar refractivity (Wildman–Crippen MR) is 83.3 cm³/mol. The first-order chi connectivity index (χ1) is 9.77. The number of carbonyl (C=O) groups is 1. The van der Waals surface area contributed by atoms with Gasteiger partial charge in [0.15, 0.2) is 0 Å². The lowest BCUT2D eigenvalue weighted by Gasteiger charge is -2.22. The van der Waals surface area contributed by atoms with Crippen LogP contribution >= 0.6 is 11.6 Å². The summed E-state index contributed by atoms with van der Waals surface area (Å²) in [6.07, 6.45) is 3.79. The van der Waals surface area contributed by atoms with E-state index in [1.165, 1.54) is 0 Å². The lowest BCUT2D eigenvalue weighted by atomic mass is 10.1. The molecule has 0 fully saturated rings. The molecule has 0 spiro atoms. The molecule has 0 N–H and O–H groups in total. The highest BCUT2D eigenvalue weighted by atomic mass is 35.5. The summed E-state index contributed by atoms with van der Waals surface area (Å²) < 4.78 is 0. The molecule has 1 heterocycles. The molecule has 0 aliphatic carbocycles. The molecule has 2 aromatic rings. The van der Waals surface area contributed by atoms with E-state index < -0.39 is 0 Å². The van der Waals surface area contributed by atoms with Gasteiger partial charge in [-0.1, -0.05) is 25.5 Å². The lowest BCUT2D eigenvalue weighted by molar-refractivity contribution is 0.0765. The highest BCUT2D eigenvalue weighted by molar-refractivity contribution is 6.18. The zero-order valence-electron chi connectivity index (χ0n) is 11.7. The number of hydrogen-bond acceptors (Lipinski definition) is 2. The molecule has 0 aliphatic rings. The largest absolute Gasteiger partial charge is 0.337 e. The maximum atomic E-state index is 12.7. The first-order valence-corrected chi connectivity index (χ1v) is 7.50. The van der Waals surface area contributed by atoms with E-state index in [0.29, 0.717) is 18.0 Å². The molecule has 1 amide bonds. The third-order valence-electron chi connectivity index (χ3n) is 3.30. The van der Waals surface area contributed by atoms with Gasteiger partial charge in [-0.05, 0) is 24.6 Å².